The van der Waals surface area contributed by atoms with E-state index in [1.807, 2.05) is 31.2 Å². The van der Waals surface area contributed by atoms with Crippen LogP contribution < -0.4 is 15.4 Å². The highest BCUT2D eigenvalue weighted by molar-refractivity contribution is 5.94. The van der Waals surface area contributed by atoms with Crippen LogP contribution in [0.3, 0.4) is 0 Å². The molecule has 2 aromatic carbocycles. The molecule has 168 valence electrons. The summed E-state index contributed by atoms with van der Waals surface area (Å²) >= 11 is 0. The lowest BCUT2D eigenvalue weighted by molar-refractivity contribution is -0.274. The summed E-state index contributed by atoms with van der Waals surface area (Å²) in [6.45, 7) is 3.09. The van der Waals surface area contributed by atoms with Gasteiger partial charge in [0.2, 0.25) is 0 Å². The van der Waals surface area contributed by atoms with Gasteiger partial charge in [-0.1, -0.05) is 37.0 Å². The van der Waals surface area contributed by atoms with Crippen LogP contribution in [0.5, 0.6) is 5.75 Å². The lowest BCUT2D eigenvalue weighted by atomic mass is 10.1. The van der Waals surface area contributed by atoms with Crippen molar-refractivity contribution in [2.24, 2.45) is 0 Å². The van der Waals surface area contributed by atoms with Gasteiger partial charge in [0.1, 0.15) is 5.75 Å². The minimum Gasteiger partial charge on any atom is -0.406 e. The zero-order valence-electron chi connectivity index (χ0n) is 17.4. The molecule has 2 amide bonds. The molecule has 0 radical (unpaired) electrons. The third-order valence-corrected chi connectivity index (χ3v) is 4.59. The van der Waals surface area contributed by atoms with E-state index in [0.717, 1.165) is 49.8 Å². The number of benzene rings is 2. The van der Waals surface area contributed by atoms with Crippen molar-refractivity contribution in [2.75, 3.05) is 13.1 Å². The van der Waals surface area contributed by atoms with Crippen LogP contribution in [0.4, 0.5) is 13.2 Å². The number of alkyl halides is 3. The summed E-state index contributed by atoms with van der Waals surface area (Å²) in [6, 6.07) is 12.2. The Kier molecular flexibility index (Phi) is 9.37. The van der Waals surface area contributed by atoms with E-state index in [-0.39, 0.29) is 23.1 Å². The quantitative estimate of drug-likeness (QED) is 0.487. The number of unbranched alkanes of at least 4 members (excludes halogenated alkanes) is 4. The molecule has 2 aromatic rings. The van der Waals surface area contributed by atoms with E-state index in [1.165, 1.54) is 12.1 Å². The molecular weight excluding hydrogens is 409 g/mol. The maximum Gasteiger partial charge on any atom is 0.573 e. The van der Waals surface area contributed by atoms with Gasteiger partial charge in [-0.3, -0.25) is 9.59 Å². The summed E-state index contributed by atoms with van der Waals surface area (Å²) in [5, 5.41) is 5.65. The SMILES string of the molecule is Cc1ccc(C(=O)NCCCCCCCNC(=O)c2ccc(OC(F)(F)F)cc2)cc1. The van der Waals surface area contributed by atoms with E-state index in [1.54, 1.807) is 0 Å². The van der Waals surface area contributed by atoms with Gasteiger partial charge < -0.3 is 15.4 Å². The molecule has 0 heterocycles. The van der Waals surface area contributed by atoms with Crippen molar-refractivity contribution in [1.82, 2.24) is 10.6 Å². The van der Waals surface area contributed by atoms with E-state index < -0.39 is 6.36 Å². The molecule has 0 fully saturated rings. The Hall–Kier alpha value is -3.03. The normalized spacial score (nSPS) is 11.1. The van der Waals surface area contributed by atoms with Gasteiger partial charge in [0.25, 0.3) is 11.8 Å². The first-order valence-electron chi connectivity index (χ1n) is 10.2. The minimum atomic E-state index is -4.75. The van der Waals surface area contributed by atoms with Gasteiger partial charge in [0.15, 0.2) is 0 Å². The minimum absolute atomic E-state index is 0.0688. The monoisotopic (exact) mass is 436 g/mol. The fraction of sp³-hybridized carbons (Fsp3) is 0.391. The van der Waals surface area contributed by atoms with Crippen LogP contribution in [-0.2, 0) is 0 Å². The zero-order valence-corrected chi connectivity index (χ0v) is 17.4. The molecule has 0 atom stereocenters. The first-order chi connectivity index (χ1) is 14.7. The Bertz CT molecular complexity index is 835. The number of amides is 2. The maximum atomic E-state index is 12.1. The Morgan fingerprint density at radius 3 is 1.61 bits per heavy atom. The molecule has 0 aliphatic heterocycles. The van der Waals surface area contributed by atoms with Gasteiger partial charge >= 0.3 is 6.36 Å². The molecule has 0 aliphatic carbocycles. The summed E-state index contributed by atoms with van der Waals surface area (Å²) < 4.78 is 40.2. The molecule has 0 spiro atoms. The van der Waals surface area contributed by atoms with Crippen LogP contribution in [0, 0.1) is 6.92 Å². The van der Waals surface area contributed by atoms with Crippen molar-refractivity contribution in [1.29, 1.82) is 0 Å². The number of nitrogens with one attached hydrogen (secondary N) is 2. The van der Waals surface area contributed by atoms with Crippen LogP contribution in [0.2, 0.25) is 0 Å². The van der Waals surface area contributed by atoms with Gasteiger partial charge in [0, 0.05) is 24.2 Å². The largest absolute Gasteiger partial charge is 0.573 e. The van der Waals surface area contributed by atoms with Gasteiger partial charge in [0.05, 0.1) is 0 Å². The summed E-state index contributed by atoms with van der Waals surface area (Å²) in [5.74, 6) is -0.766. The summed E-state index contributed by atoms with van der Waals surface area (Å²) in [4.78, 5) is 24.0. The van der Waals surface area contributed by atoms with Crippen LogP contribution in [0.1, 0.15) is 58.4 Å². The highest BCUT2D eigenvalue weighted by Gasteiger charge is 2.31. The molecule has 31 heavy (non-hydrogen) atoms. The second-order valence-electron chi connectivity index (χ2n) is 7.22. The molecule has 0 aliphatic rings. The van der Waals surface area contributed by atoms with Gasteiger partial charge in [-0.25, -0.2) is 0 Å². The standard InChI is InChI=1S/C23H27F3N2O3/c1-17-7-9-18(10-8-17)21(29)27-15-5-3-2-4-6-16-28-22(30)19-11-13-20(14-12-19)31-23(24,25)26/h7-14H,2-6,15-16H2,1H3,(H,27,29)(H,28,30). The van der Waals surface area contributed by atoms with Crippen molar-refractivity contribution < 1.29 is 27.5 Å². The van der Waals surface area contributed by atoms with Crippen LogP contribution in [0.25, 0.3) is 0 Å². The molecule has 2 N–H and O–H groups in total. The molecule has 0 unspecified atom stereocenters. The fourth-order valence-electron chi connectivity index (χ4n) is 2.90. The van der Waals surface area contributed by atoms with Crippen LogP contribution in [0.15, 0.2) is 48.5 Å². The average molecular weight is 436 g/mol. The molecule has 0 bridgehead atoms. The number of carbonyl (C=O) groups excluding carboxylic acids is 2. The molecule has 0 saturated carbocycles. The number of hydrogen-bond acceptors (Lipinski definition) is 3. The maximum absolute atomic E-state index is 12.1. The first kappa shape index (κ1) is 24.2. The van der Waals surface area contributed by atoms with E-state index in [4.69, 9.17) is 0 Å². The van der Waals surface area contributed by atoms with Crippen molar-refractivity contribution in [3.05, 3.63) is 65.2 Å². The smallest absolute Gasteiger partial charge is 0.406 e. The number of carbonyl (C=O) groups is 2. The second-order valence-corrected chi connectivity index (χ2v) is 7.22. The average Bonchev–Trinajstić information content (AvgIpc) is 2.72. The van der Waals surface area contributed by atoms with E-state index in [9.17, 15) is 22.8 Å². The van der Waals surface area contributed by atoms with Crippen molar-refractivity contribution in [3.8, 4) is 5.75 Å². The number of ether oxygens (including phenoxy) is 1. The predicted molar refractivity (Wildman–Crippen MR) is 112 cm³/mol. The Morgan fingerprint density at radius 1 is 0.742 bits per heavy atom. The first-order valence-corrected chi connectivity index (χ1v) is 10.2. The zero-order chi connectivity index (χ0) is 22.7. The van der Waals surface area contributed by atoms with Crippen molar-refractivity contribution >= 4 is 11.8 Å². The van der Waals surface area contributed by atoms with Crippen molar-refractivity contribution in [2.45, 2.75) is 45.4 Å². The summed E-state index contributed by atoms with van der Waals surface area (Å²) in [6.07, 6.45) is -0.170. The lowest BCUT2D eigenvalue weighted by Crippen LogP contribution is -2.24. The number of hydrogen-bond donors (Lipinski definition) is 2. The highest BCUT2D eigenvalue weighted by Crippen LogP contribution is 2.22. The molecule has 8 heteroatoms. The van der Waals surface area contributed by atoms with Gasteiger partial charge in [-0.15, -0.1) is 13.2 Å². The molecule has 2 rings (SSSR count). The molecular formula is C23H27F3N2O3. The van der Waals surface area contributed by atoms with E-state index >= 15 is 0 Å². The summed E-state index contributed by atoms with van der Waals surface area (Å²) in [7, 11) is 0. The Balaban J connectivity index is 1.51. The van der Waals surface area contributed by atoms with E-state index in [0.29, 0.717) is 18.7 Å². The fourth-order valence-corrected chi connectivity index (χ4v) is 2.90. The Labute approximate surface area is 180 Å². The number of aryl methyl sites for hydroxylation is 1. The van der Waals surface area contributed by atoms with Crippen LogP contribution >= 0.6 is 0 Å². The molecule has 5 nitrogen and oxygen atoms in total. The van der Waals surface area contributed by atoms with E-state index in [2.05, 4.69) is 15.4 Å². The Morgan fingerprint density at radius 2 is 1.16 bits per heavy atom. The summed E-state index contributed by atoms with van der Waals surface area (Å²) in [5.41, 5.74) is 2.05. The predicted octanol–water partition coefficient (Wildman–Crippen LogP) is 5.00. The topological polar surface area (TPSA) is 67.4 Å². The molecule has 0 saturated heterocycles. The second kappa shape index (κ2) is 12.0. The third kappa shape index (κ3) is 9.55. The van der Waals surface area contributed by atoms with Gasteiger partial charge in [-0.2, -0.15) is 0 Å². The number of halogens is 3. The molecule has 0 aromatic heterocycles. The lowest BCUT2D eigenvalue weighted by Gasteiger charge is -2.09. The van der Waals surface area contributed by atoms with Crippen molar-refractivity contribution in [3.63, 3.8) is 0 Å². The van der Waals surface area contributed by atoms with Crippen LogP contribution in [-0.4, -0.2) is 31.3 Å². The third-order valence-electron chi connectivity index (χ3n) is 4.59. The highest BCUT2D eigenvalue weighted by atomic mass is 19.4. The number of rotatable bonds is 11. The van der Waals surface area contributed by atoms with Gasteiger partial charge in [-0.05, 0) is 56.2 Å².